The Bertz CT molecular complexity index is 897. The fourth-order valence-electron chi connectivity index (χ4n) is 2.99. The van der Waals surface area contributed by atoms with Gasteiger partial charge in [-0.15, -0.1) is 11.3 Å². The van der Waals surface area contributed by atoms with Gasteiger partial charge in [-0.2, -0.15) is 4.99 Å². The average molecular weight is 404 g/mol. The van der Waals surface area contributed by atoms with Crippen LogP contribution in [0.5, 0.6) is 11.5 Å². The van der Waals surface area contributed by atoms with Crippen molar-refractivity contribution in [1.82, 2.24) is 9.47 Å². The fraction of sp³-hybridized carbons (Fsp3) is 0.450. The van der Waals surface area contributed by atoms with E-state index in [1.54, 1.807) is 22.8 Å². The monoisotopic (exact) mass is 403 g/mol. The van der Waals surface area contributed by atoms with Crippen molar-refractivity contribution in [3.8, 4) is 11.5 Å². The summed E-state index contributed by atoms with van der Waals surface area (Å²) in [7, 11) is 1.84. The highest BCUT2D eigenvalue weighted by Crippen LogP contribution is 2.29. The van der Waals surface area contributed by atoms with Crippen LogP contribution in [0.15, 0.2) is 34.8 Å². The highest BCUT2D eigenvalue weighted by atomic mass is 32.1. The molecule has 0 aliphatic carbocycles. The maximum absolute atomic E-state index is 12.5. The summed E-state index contributed by atoms with van der Waals surface area (Å²) in [6.07, 6.45) is 5.10. The van der Waals surface area contributed by atoms with Gasteiger partial charge in [-0.3, -0.25) is 9.59 Å². The molecule has 0 bridgehead atoms. The molecule has 0 N–H and O–H groups in total. The Hall–Kier alpha value is -2.61. The van der Waals surface area contributed by atoms with Crippen LogP contribution in [-0.2, 0) is 11.8 Å². The molecule has 1 saturated heterocycles. The van der Waals surface area contributed by atoms with Crippen molar-refractivity contribution in [3.63, 3.8) is 0 Å². The van der Waals surface area contributed by atoms with Crippen molar-refractivity contribution in [1.29, 1.82) is 0 Å². The van der Waals surface area contributed by atoms with E-state index < -0.39 is 0 Å². The molecule has 2 heterocycles. The number of benzene rings is 1. The van der Waals surface area contributed by atoms with Crippen molar-refractivity contribution in [2.75, 3.05) is 26.3 Å². The summed E-state index contributed by atoms with van der Waals surface area (Å²) in [6, 6.07) is 4.91. The average Bonchev–Trinajstić information content (AvgIpc) is 3.12. The molecule has 150 valence electrons. The second-order valence-electron chi connectivity index (χ2n) is 6.54. The van der Waals surface area contributed by atoms with Gasteiger partial charge in [0.15, 0.2) is 22.9 Å². The number of aromatic nitrogens is 1. The lowest BCUT2D eigenvalue weighted by Gasteiger charge is -2.26. The lowest BCUT2D eigenvalue weighted by atomic mass is 10.1. The molecule has 1 aliphatic rings. The number of ether oxygens (including phenoxy) is 2. The molecule has 1 aliphatic heterocycles. The van der Waals surface area contributed by atoms with Crippen LogP contribution in [-0.4, -0.2) is 47.6 Å². The number of rotatable bonds is 6. The summed E-state index contributed by atoms with van der Waals surface area (Å²) in [5, 5.41) is 1.87. The number of amides is 2. The first-order valence-corrected chi connectivity index (χ1v) is 10.3. The summed E-state index contributed by atoms with van der Waals surface area (Å²) in [4.78, 5) is 31.4. The Kier molecular flexibility index (Phi) is 6.86. The summed E-state index contributed by atoms with van der Waals surface area (Å²) in [5.41, 5.74) is 0.409. The Morgan fingerprint density at radius 3 is 2.61 bits per heavy atom. The van der Waals surface area contributed by atoms with Crippen molar-refractivity contribution in [2.24, 2.45) is 12.0 Å². The first-order chi connectivity index (χ1) is 13.6. The highest BCUT2D eigenvalue weighted by Gasteiger charge is 2.18. The molecule has 1 aromatic heterocycles. The highest BCUT2D eigenvalue weighted by molar-refractivity contribution is 7.07. The molecule has 28 heavy (non-hydrogen) atoms. The third-order valence-electron chi connectivity index (χ3n) is 4.51. The van der Waals surface area contributed by atoms with Crippen molar-refractivity contribution < 1.29 is 19.1 Å². The molecule has 0 unspecified atom stereocenters. The third-order valence-corrected chi connectivity index (χ3v) is 5.36. The van der Waals surface area contributed by atoms with Crippen LogP contribution in [0.2, 0.25) is 0 Å². The van der Waals surface area contributed by atoms with Crippen LogP contribution in [0.1, 0.15) is 36.5 Å². The molecule has 3 rings (SSSR count). The van der Waals surface area contributed by atoms with E-state index >= 15 is 0 Å². The maximum Gasteiger partial charge on any atom is 0.279 e. The van der Waals surface area contributed by atoms with E-state index in [4.69, 9.17) is 9.47 Å². The number of hydrogen-bond acceptors (Lipinski definition) is 5. The van der Waals surface area contributed by atoms with E-state index in [1.165, 1.54) is 17.8 Å². The minimum absolute atomic E-state index is 0.0255. The molecule has 1 aromatic carbocycles. The summed E-state index contributed by atoms with van der Waals surface area (Å²) in [5.74, 6) is 0.508. The molecule has 0 saturated carbocycles. The molecule has 2 amide bonds. The van der Waals surface area contributed by atoms with Gasteiger partial charge in [0.1, 0.15) is 0 Å². The number of hydrogen-bond donors (Lipinski definition) is 0. The van der Waals surface area contributed by atoms with Gasteiger partial charge in [0, 0.05) is 37.3 Å². The van der Waals surface area contributed by atoms with Crippen LogP contribution >= 0.6 is 11.3 Å². The molecule has 7 nitrogen and oxygen atoms in total. The van der Waals surface area contributed by atoms with Gasteiger partial charge in [-0.1, -0.05) is 0 Å². The second kappa shape index (κ2) is 9.54. The van der Waals surface area contributed by atoms with Crippen LogP contribution < -0.4 is 14.3 Å². The minimum Gasteiger partial charge on any atom is -0.490 e. The maximum atomic E-state index is 12.5. The molecule has 0 spiro atoms. The number of nitrogens with zero attached hydrogens (tertiary/aromatic N) is 3. The zero-order valence-electron chi connectivity index (χ0n) is 16.2. The molecule has 1 fully saturated rings. The number of carbonyl (C=O) groups is 2. The summed E-state index contributed by atoms with van der Waals surface area (Å²) < 4.78 is 13.1. The molecule has 0 radical (unpaired) electrons. The van der Waals surface area contributed by atoms with Gasteiger partial charge in [0.25, 0.3) is 11.8 Å². The predicted molar refractivity (Wildman–Crippen MR) is 107 cm³/mol. The smallest absolute Gasteiger partial charge is 0.279 e. The molecule has 8 heteroatoms. The topological polar surface area (TPSA) is 73.1 Å². The lowest BCUT2D eigenvalue weighted by Crippen LogP contribution is -2.38. The van der Waals surface area contributed by atoms with Crippen LogP contribution in [0.25, 0.3) is 0 Å². The Morgan fingerprint density at radius 1 is 1.14 bits per heavy atom. The van der Waals surface area contributed by atoms with Crippen molar-refractivity contribution >= 4 is 23.2 Å². The van der Waals surface area contributed by atoms with E-state index in [2.05, 4.69) is 4.99 Å². The van der Waals surface area contributed by atoms with Gasteiger partial charge in [-0.05, 0) is 44.4 Å². The van der Waals surface area contributed by atoms with E-state index in [0.29, 0.717) is 28.5 Å². The first-order valence-electron chi connectivity index (χ1n) is 9.45. The number of piperidine rings is 1. The third kappa shape index (κ3) is 5.01. The van der Waals surface area contributed by atoms with Gasteiger partial charge in [0.05, 0.1) is 6.61 Å². The Labute approximate surface area is 168 Å². The molecule has 2 aromatic rings. The Balaban J connectivity index is 1.72. The van der Waals surface area contributed by atoms with Crippen LogP contribution in [0.3, 0.4) is 0 Å². The summed E-state index contributed by atoms with van der Waals surface area (Å²) in [6.45, 7) is 3.81. The van der Waals surface area contributed by atoms with Crippen LogP contribution in [0, 0.1) is 0 Å². The minimum atomic E-state index is -0.352. The van der Waals surface area contributed by atoms with Crippen LogP contribution in [0.4, 0.5) is 0 Å². The number of aryl methyl sites for hydroxylation is 1. The van der Waals surface area contributed by atoms with Gasteiger partial charge < -0.3 is 18.9 Å². The quantitative estimate of drug-likeness (QED) is 0.743. The van der Waals surface area contributed by atoms with Gasteiger partial charge in [0.2, 0.25) is 0 Å². The molecular formula is C20H25N3O4S. The molecule has 0 atom stereocenters. The van der Waals surface area contributed by atoms with E-state index in [1.807, 2.05) is 30.4 Å². The van der Waals surface area contributed by atoms with Crippen molar-refractivity contribution in [3.05, 3.63) is 40.1 Å². The SMILES string of the molecule is CCOc1cc(C(=O)N=c2sccn2C)ccc1OCC(=O)N1CCCCC1. The fourth-order valence-corrected chi connectivity index (χ4v) is 3.72. The predicted octanol–water partition coefficient (Wildman–Crippen LogP) is 2.62. The zero-order chi connectivity index (χ0) is 19.9. The first kappa shape index (κ1) is 20.1. The van der Waals surface area contributed by atoms with E-state index in [-0.39, 0.29) is 18.4 Å². The largest absolute Gasteiger partial charge is 0.490 e. The van der Waals surface area contributed by atoms with E-state index in [9.17, 15) is 9.59 Å². The summed E-state index contributed by atoms with van der Waals surface area (Å²) >= 11 is 1.39. The standard InChI is InChI=1S/C20H25N3O4S/c1-3-26-17-13-15(19(25)21-20-22(2)11-12-28-20)7-8-16(17)27-14-18(24)23-9-5-4-6-10-23/h7-8,11-13H,3-6,9-10,14H2,1-2H3. The van der Waals surface area contributed by atoms with Gasteiger partial charge >= 0.3 is 0 Å². The van der Waals surface area contributed by atoms with Gasteiger partial charge in [-0.25, -0.2) is 0 Å². The number of carbonyl (C=O) groups excluding carboxylic acids is 2. The number of likely N-dealkylation sites (tertiary alicyclic amines) is 1. The lowest BCUT2D eigenvalue weighted by molar-refractivity contribution is -0.134. The van der Waals surface area contributed by atoms with E-state index in [0.717, 1.165) is 25.9 Å². The normalized spacial score (nSPS) is 14.8. The van der Waals surface area contributed by atoms with Crippen molar-refractivity contribution in [2.45, 2.75) is 26.2 Å². The Morgan fingerprint density at radius 2 is 1.93 bits per heavy atom. The second-order valence-corrected chi connectivity index (χ2v) is 7.41. The molecular weight excluding hydrogens is 378 g/mol. The zero-order valence-corrected chi connectivity index (χ0v) is 17.0. The number of thiazole rings is 1.